The zero-order chi connectivity index (χ0) is 31.9. The van der Waals surface area contributed by atoms with Gasteiger partial charge in [0, 0.05) is 27.9 Å². The predicted molar refractivity (Wildman–Crippen MR) is 201 cm³/mol. The van der Waals surface area contributed by atoms with Crippen LogP contribution >= 0.6 is 0 Å². The molecule has 5 aromatic carbocycles. The second kappa shape index (κ2) is 9.78. The van der Waals surface area contributed by atoms with Gasteiger partial charge < -0.3 is 4.90 Å². The van der Waals surface area contributed by atoms with Gasteiger partial charge in [0.1, 0.15) is 0 Å². The Bertz CT molecular complexity index is 2150. The van der Waals surface area contributed by atoms with Crippen LogP contribution < -0.4 is 4.90 Å². The summed E-state index contributed by atoms with van der Waals surface area (Å²) in [6, 6.07) is 45.4. The van der Waals surface area contributed by atoms with Crippen LogP contribution in [0.25, 0.3) is 22.3 Å². The summed E-state index contributed by atoms with van der Waals surface area (Å²) in [5, 5.41) is 0. The lowest BCUT2D eigenvalue weighted by Crippen LogP contribution is -2.48. The third-order valence-corrected chi connectivity index (χ3v) is 15.4. The standard InChI is InChI=1S/C48H45N/c1-2-8-36(9-3-1)49(38-18-20-41-39-10-4-6-12-43(39)47(46(41)28-38)29-31-15-16-33(47)24-31)37-19-21-45-42(27-37)40-11-5-7-13-44(40)48(45)34-17-14-30-22-32(25-34)26-35(48)23-30/h1-13,18-21,27-28,30-35H,14-17,22-26,29H2. The van der Waals surface area contributed by atoms with Crippen molar-refractivity contribution in [2.75, 3.05) is 4.90 Å². The molecule has 0 radical (unpaired) electrons. The molecule has 13 rings (SSSR count). The Morgan fingerprint density at radius 2 is 1.04 bits per heavy atom. The second-order valence-corrected chi connectivity index (χ2v) is 17.3. The van der Waals surface area contributed by atoms with Crippen LogP contribution in [0.2, 0.25) is 0 Å². The highest BCUT2D eigenvalue weighted by atomic mass is 15.1. The van der Waals surface area contributed by atoms with E-state index in [1.165, 1.54) is 104 Å². The molecule has 242 valence electrons. The van der Waals surface area contributed by atoms with E-state index in [-0.39, 0.29) is 10.8 Å². The highest BCUT2D eigenvalue weighted by molar-refractivity contribution is 5.89. The van der Waals surface area contributed by atoms with Gasteiger partial charge in [-0.05, 0) is 168 Å². The second-order valence-electron chi connectivity index (χ2n) is 17.3. The Hall–Kier alpha value is -4.10. The lowest BCUT2D eigenvalue weighted by atomic mass is 9.51. The topological polar surface area (TPSA) is 3.24 Å². The summed E-state index contributed by atoms with van der Waals surface area (Å²) < 4.78 is 0. The van der Waals surface area contributed by atoms with Gasteiger partial charge in [0.25, 0.3) is 0 Å². The molecule has 0 N–H and O–H groups in total. The number of hydrogen-bond donors (Lipinski definition) is 0. The largest absolute Gasteiger partial charge is 0.310 e. The van der Waals surface area contributed by atoms with Crippen LogP contribution in [0, 0.1) is 35.5 Å². The number of para-hydroxylation sites is 1. The quantitative estimate of drug-likeness (QED) is 0.191. The maximum absolute atomic E-state index is 2.62. The van der Waals surface area contributed by atoms with Crippen LogP contribution in [0.5, 0.6) is 0 Å². The van der Waals surface area contributed by atoms with Crippen molar-refractivity contribution < 1.29 is 0 Å². The molecule has 8 atom stereocenters. The van der Waals surface area contributed by atoms with Crippen LogP contribution in [-0.4, -0.2) is 0 Å². The molecule has 0 amide bonds. The first kappa shape index (κ1) is 27.7. The monoisotopic (exact) mass is 635 g/mol. The third kappa shape index (κ3) is 3.48. The summed E-state index contributed by atoms with van der Waals surface area (Å²) in [4.78, 5) is 2.57. The van der Waals surface area contributed by atoms with Crippen molar-refractivity contribution in [3.05, 3.63) is 138 Å². The molecule has 0 heterocycles. The van der Waals surface area contributed by atoms with Gasteiger partial charge in [-0.1, -0.05) is 91.7 Å². The number of benzene rings is 5. The van der Waals surface area contributed by atoms with Gasteiger partial charge in [0.05, 0.1) is 0 Å². The van der Waals surface area contributed by atoms with Crippen LogP contribution in [-0.2, 0) is 10.8 Å². The van der Waals surface area contributed by atoms with Gasteiger partial charge in [0.15, 0.2) is 0 Å². The van der Waals surface area contributed by atoms with E-state index in [0.717, 1.165) is 35.5 Å². The average Bonchev–Trinajstić information content (AvgIpc) is 3.86. The van der Waals surface area contributed by atoms with Crippen molar-refractivity contribution in [1.29, 1.82) is 0 Å². The van der Waals surface area contributed by atoms with E-state index in [2.05, 4.69) is 120 Å². The molecule has 6 fully saturated rings. The van der Waals surface area contributed by atoms with Crippen LogP contribution in [0.1, 0.15) is 86.5 Å². The Kier molecular flexibility index (Phi) is 5.53. The van der Waals surface area contributed by atoms with Crippen molar-refractivity contribution in [3.8, 4) is 22.3 Å². The maximum atomic E-state index is 2.62. The fraction of sp³-hybridized carbons (Fsp3) is 0.375. The van der Waals surface area contributed by atoms with E-state index in [9.17, 15) is 0 Å². The van der Waals surface area contributed by atoms with E-state index >= 15 is 0 Å². The molecule has 6 saturated carbocycles. The highest BCUT2D eigenvalue weighted by Gasteiger charge is 2.60. The Balaban J connectivity index is 1.05. The molecule has 0 aliphatic heterocycles. The summed E-state index contributed by atoms with van der Waals surface area (Å²) in [5.41, 5.74) is 16.7. The summed E-state index contributed by atoms with van der Waals surface area (Å²) in [6.07, 6.45) is 14.2. The lowest BCUT2D eigenvalue weighted by molar-refractivity contribution is 0.0618. The van der Waals surface area contributed by atoms with Crippen LogP contribution in [0.4, 0.5) is 17.1 Å². The van der Waals surface area contributed by atoms with Crippen molar-refractivity contribution in [2.24, 2.45) is 35.5 Å². The Morgan fingerprint density at radius 3 is 1.88 bits per heavy atom. The summed E-state index contributed by atoms with van der Waals surface area (Å²) >= 11 is 0. The molecule has 5 aromatic rings. The first-order valence-corrected chi connectivity index (χ1v) is 19.6. The van der Waals surface area contributed by atoms with E-state index in [0.29, 0.717) is 0 Å². The average molecular weight is 636 g/mol. The van der Waals surface area contributed by atoms with Crippen molar-refractivity contribution >= 4 is 17.1 Å². The zero-order valence-electron chi connectivity index (χ0n) is 28.5. The number of hydrogen-bond acceptors (Lipinski definition) is 1. The molecule has 6 bridgehead atoms. The molecule has 0 saturated heterocycles. The van der Waals surface area contributed by atoms with Gasteiger partial charge in [-0.25, -0.2) is 0 Å². The highest BCUT2D eigenvalue weighted by Crippen LogP contribution is 2.69. The molecular weight excluding hydrogens is 591 g/mol. The van der Waals surface area contributed by atoms with E-state index < -0.39 is 0 Å². The molecule has 1 heteroatoms. The lowest BCUT2D eigenvalue weighted by Gasteiger charge is -2.53. The minimum atomic E-state index is 0.175. The zero-order valence-corrected chi connectivity index (χ0v) is 28.5. The molecular formula is C48H45N. The molecule has 8 aliphatic rings. The summed E-state index contributed by atoms with van der Waals surface area (Å²) in [7, 11) is 0. The van der Waals surface area contributed by atoms with Gasteiger partial charge in [-0.3, -0.25) is 0 Å². The molecule has 49 heavy (non-hydrogen) atoms. The minimum Gasteiger partial charge on any atom is -0.310 e. The molecule has 8 aliphatic carbocycles. The van der Waals surface area contributed by atoms with Crippen LogP contribution in [0.15, 0.2) is 115 Å². The predicted octanol–water partition coefficient (Wildman–Crippen LogP) is 12.4. The number of anilines is 3. The fourth-order valence-electron chi connectivity index (χ4n) is 14.0. The van der Waals surface area contributed by atoms with E-state index in [4.69, 9.17) is 0 Å². The Morgan fingerprint density at radius 1 is 0.408 bits per heavy atom. The van der Waals surface area contributed by atoms with Gasteiger partial charge in [-0.2, -0.15) is 0 Å². The SMILES string of the molecule is c1ccc(N(c2ccc3c(c2)-c2ccccc2C32C3CCC4CC(C3)CC2C4)c2ccc3c(c2)C2(CC4CCC2C4)c2ccccc2-3)cc1. The molecule has 1 nitrogen and oxygen atoms in total. The van der Waals surface area contributed by atoms with Gasteiger partial charge in [-0.15, -0.1) is 0 Å². The third-order valence-electron chi connectivity index (χ3n) is 15.4. The van der Waals surface area contributed by atoms with Crippen molar-refractivity contribution in [1.82, 2.24) is 0 Å². The van der Waals surface area contributed by atoms with Crippen LogP contribution in [0.3, 0.4) is 0 Å². The number of rotatable bonds is 3. The van der Waals surface area contributed by atoms with E-state index in [1.54, 1.807) is 22.3 Å². The summed E-state index contributed by atoms with van der Waals surface area (Å²) in [6.45, 7) is 0. The summed E-state index contributed by atoms with van der Waals surface area (Å²) in [5.74, 6) is 5.09. The molecule has 2 spiro atoms. The van der Waals surface area contributed by atoms with Crippen molar-refractivity contribution in [3.63, 3.8) is 0 Å². The molecule has 0 aromatic heterocycles. The molecule has 8 unspecified atom stereocenters. The minimum absolute atomic E-state index is 0.175. The first-order valence-electron chi connectivity index (χ1n) is 19.6. The smallest absolute Gasteiger partial charge is 0.0468 e. The number of nitrogens with zero attached hydrogens (tertiary/aromatic N) is 1. The van der Waals surface area contributed by atoms with E-state index in [1.807, 2.05) is 0 Å². The maximum Gasteiger partial charge on any atom is 0.0468 e. The first-order chi connectivity index (χ1) is 24.2. The Labute approximate surface area is 291 Å². The van der Waals surface area contributed by atoms with Gasteiger partial charge in [0.2, 0.25) is 0 Å². The van der Waals surface area contributed by atoms with Crippen molar-refractivity contribution in [2.45, 2.75) is 75.0 Å². The number of fused-ring (bicyclic) bond motifs is 12. The fourth-order valence-corrected chi connectivity index (χ4v) is 14.0. The normalized spacial score (nSPS) is 33.5. The van der Waals surface area contributed by atoms with Gasteiger partial charge >= 0.3 is 0 Å².